The summed E-state index contributed by atoms with van der Waals surface area (Å²) in [7, 11) is 0. The molecule has 0 saturated carbocycles. The van der Waals surface area contributed by atoms with Gasteiger partial charge in [0.15, 0.2) is 23.1 Å². The van der Waals surface area contributed by atoms with Crippen LogP contribution in [0, 0.1) is 11.6 Å². The highest BCUT2D eigenvalue weighted by atomic mass is 35.5. The molecule has 0 aliphatic carbocycles. The highest BCUT2D eigenvalue weighted by Crippen LogP contribution is 2.30. The van der Waals surface area contributed by atoms with E-state index in [1.54, 1.807) is 24.3 Å². The number of hydrogen-bond acceptors (Lipinski definition) is 4. The smallest absolute Gasteiger partial charge is 0.283 e. The summed E-state index contributed by atoms with van der Waals surface area (Å²) in [5.41, 5.74) is 3.86. The Morgan fingerprint density at radius 1 is 1.08 bits per heavy atom. The van der Waals surface area contributed by atoms with Gasteiger partial charge in [0.1, 0.15) is 6.61 Å². The molecule has 9 heteroatoms. The first kappa shape index (κ1) is 17.0. The van der Waals surface area contributed by atoms with Gasteiger partial charge < -0.3 is 9.47 Å². The maximum atomic E-state index is 13.2. The second-order valence-electron chi connectivity index (χ2n) is 5.05. The predicted molar refractivity (Wildman–Crippen MR) is 83.3 cm³/mol. The van der Waals surface area contributed by atoms with Gasteiger partial charge in [-0.2, -0.15) is 0 Å². The second kappa shape index (κ2) is 6.94. The van der Waals surface area contributed by atoms with Gasteiger partial charge in [0.25, 0.3) is 11.8 Å². The molecule has 1 aliphatic rings. The first-order chi connectivity index (χ1) is 12.0. The molecule has 1 aliphatic heterocycles. The summed E-state index contributed by atoms with van der Waals surface area (Å²) in [6, 6.07) is 8.10. The lowest BCUT2D eigenvalue weighted by molar-refractivity contribution is -0.131. The van der Waals surface area contributed by atoms with Gasteiger partial charge in [-0.3, -0.25) is 20.4 Å². The van der Waals surface area contributed by atoms with Gasteiger partial charge in [0.05, 0.1) is 10.6 Å². The molecule has 1 heterocycles. The van der Waals surface area contributed by atoms with Crippen LogP contribution in [0.15, 0.2) is 36.4 Å². The average Bonchev–Trinajstić information content (AvgIpc) is 2.62. The van der Waals surface area contributed by atoms with Crippen molar-refractivity contribution in [2.24, 2.45) is 0 Å². The number of hydrogen-bond donors (Lipinski definition) is 2. The summed E-state index contributed by atoms with van der Waals surface area (Å²) < 4.78 is 37.1. The number of carbonyl (C=O) groups excluding carboxylic acids is 2. The molecule has 0 spiro atoms. The molecule has 2 amide bonds. The van der Waals surface area contributed by atoms with Crippen molar-refractivity contribution in [1.82, 2.24) is 10.9 Å². The van der Waals surface area contributed by atoms with E-state index in [2.05, 4.69) is 10.9 Å². The fraction of sp³-hybridized carbons (Fsp3) is 0.125. The molecule has 25 heavy (non-hydrogen) atoms. The SMILES string of the molecule is O=C(NNC(=O)C1COc2ccccc2O1)c1cc(F)c(F)cc1Cl. The van der Waals surface area contributed by atoms with Crippen molar-refractivity contribution in [2.45, 2.75) is 6.10 Å². The van der Waals surface area contributed by atoms with Gasteiger partial charge in [-0.1, -0.05) is 23.7 Å². The van der Waals surface area contributed by atoms with Crippen LogP contribution < -0.4 is 20.3 Å². The zero-order valence-electron chi connectivity index (χ0n) is 12.5. The Morgan fingerprint density at radius 3 is 2.52 bits per heavy atom. The van der Waals surface area contributed by atoms with Crippen molar-refractivity contribution in [3.63, 3.8) is 0 Å². The van der Waals surface area contributed by atoms with Crippen LogP contribution >= 0.6 is 11.6 Å². The Kier molecular flexibility index (Phi) is 4.71. The molecule has 2 aromatic rings. The van der Waals surface area contributed by atoms with Crippen molar-refractivity contribution in [2.75, 3.05) is 6.61 Å². The molecule has 1 unspecified atom stereocenters. The van der Waals surface area contributed by atoms with Gasteiger partial charge in [0, 0.05) is 0 Å². The van der Waals surface area contributed by atoms with Gasteiger partial charge in [-0.15, -0.1) is 0 Å². The molecular weight excluding hydrogens is 358 g/mol. The number of ether oxygens (including phenoxy) is 2. The number of rotatable bonds is 2. The summed E-state index contributed by atoms with van der Waals surface area (Å²) in [5.74, 6) is -3.11. The minimum absolute atomic E-state index is 0.0509. The van der Waals surface area contributed by atoms with Crippen LogP contribution in [0.1, 0.15) is 10.4 Å². The average molecular weight is 369 g/mol. The molecule has 0 saturated heterocycles. The predicted octanol–water partition coefficient (Wildman–Crippen LogP) is 2.22. The third-order valence-corrected chi connectivity index (χ3v) is 3.67. The Hall–Kier alpha value is -2.87. The third kappa shape index (κ3) is 3.63. The van der Waals surface area contributed by atoms with E-state index in [4.69, 9.17) is 21.1 Å². The Bertz CT molecular complexity index is 847. The topological polar surface area (TPSA) is 76.7 Å². The zero-order chi connectivity index (χ0) is 18.0. The van der Waals surface area contributed by atoms with E-state index in [1.165, 1.54) is 0 Å². The standard InChI is InChI=1S/C16H11ClF2N2O4/c17-9-6-11(19)10(18)5-8(9)15(22)20-21-16(23)14-7-24-12-3-1-2-4-13(12)25-14/h1-6,14H,7H2,(H,20,22)(H,21,23). The molecular formula is C16H11ClF2N2O4. The lowest BCUT2D eigenvalue weighted by atomic mass is 10.2. The van der Waals surface area contributed by atoms with Crippen molar-refractivity contribution >= 4 is 23.4 Å². The van der Waals surface area contributed by atoms with Crippen molar-refractivity contribution in [3.05, 3.63) is 58.6 Å². The summed E-state index contributed by atoms with van der Waals surface area (Å²) in [4.78, 5) is 24.0. The highest BCUT2D eigenvalue weighted by Gasteiger charge is 2.27. The second-order valence-corrected chi connectivity index (χ2v) is 5.46. The van der Waals surface area contributed by atoms with Crippen LogP contribution in [0.3, 0.4) is 0 Å². The fourth-order valence-corrected chi connectivity index (χ4v) is 2.35. The number of fused-ring (bicyclic) bond motifs is 1. The molecule has 6 nitrogen and oxygen atoms in total. The van der Waals surface area contributed by atoms with E-state index in [0.29, 0.717) is 23.6 Å². The lowest BCUT2D eigenvalue weighted by Gasteiger charge is -2.25. The van der Waals surface area contributed by atoms with Crippen LogP contribution in [0.2, 0.25) is 5.02 Å². The van der Waals surface area contributed by atoms with Crippen LogP contribution in [-0.2, 0) is 4.79 Å². The first-order valence-corrected chi connectivity index (χ1v) is 7.46. The largest absolute Gasteiger partial charge is 0.485 e. The Balaban J connectivity index is 1.61. The molecule has 0 aromatic heterocycles. The molecule has 130 valence electrons. The number of hydrazine groups is 1. The van der Waals surface area contributed by atoms with E-state index < -0.39 is 29.6 Å². The van der Waals surface area contributed by atoms with E-state index >= 15 is 0 Å². The monoisotopic (exact) mass is 368 g/mol. The lowest BCUT2D eigenvalue weighted by Crippen LogP contribution is -2.50. The molecule has 0 fully saturated rings. The van der Waals surface area contributed by atoms with Gasteiger partial charge >= 0.3 is 0 Å². The molecule has 1 atom stereocenters. The molecule has 0 bridgehead atoms. The van der Waals surface area contributed by atoms with Crippen LogP contribution in [0.4, 0.5) is 8.78 Å². The number of carbonyl (C=O) groups is 2. The van der Waals surface area contributed by atoms with E-state index in [9.17, 15) is 18.4 Å². The molecule has 3 rings (SSSR count). The number of halogens is 3. The van der Waals surface area contributed by atoms with Crippen LogP contribution in [-0.4, -0.2) is 24.5 Å². The van der Waals surface area contributed by atoms with E-state index in [1.807, 2.05) is 0 Å². The fourth-order valence-electron chi connectivity index (χ4n) is 2.11. The number of nitrogens with one attached hydrogen (secondary N) is 2. The molecule has 2 aromatic carbocycles. The van der Waals surface area contributed by atoms with Crippen molar-refractivity contribution in [3.8, 4) is 11.5 Å². The summed E-state index contributed by atoms with van der Waals surface area (Å²) in [6.45, 7) is -0.0509. The third-order valence-electron chi connectivity index (χ3n) is 3.35. The van der Waals surface area contributed by atoms with Crippen LogP contribution in [0.5, 0.6) is 11.5 Å². The number of benzene rings is 2. The van der Waals surface area contributed by atoms with Gasteiger partial charge in [-0.05, 0) is 24.3 Å². The van der Waals surface area contributed by atoms with Crippen LogP contribution in [0.25, 0.3) is 0 Å². The Labute approximate surface area is 145 Å². The van der Waals surface area contributed by atoms with E-state index in [0.717, 1.165) is 0 Å². The zero-order valence-corrected chi connectivity index (χ0v) is 13.3. The molecule has 2 N–H and O–H groups in total. The summed E-state index contributed by atoms with van der Waals surface area (Å²) >= 11 is 5.69. The normalized spacial score (nSPS) is 15.4. The first-order valence-electron chi connectivity index (χ1n) is 7.09. The number of amides is 2. The summed E-state index contributed by atoms with van der Waals surface area (Å²) in [5, 5.41) is -0.295. The Morgan fingerprint density at radius 2 is 1.76 bits per heavy atom. The minimum Gasteiger partial charge on any atom is -0.485 e. The van der Waals surface area contributed by atoms with Gasteiger partial charge in [0.2, 0.25) is 6.10 Å². The maximum absolute atomic E-state index is 13.2. The van der Waals surface area contributed by atoms with Gasteiger partial charge in [-0.25, -0.2) is 8.78 Å². The molecule has 0 radical (unpaired) electrons. The van der Waals surface area contributed by atoms with E-state index in [-0.39, 0.29) is 17.2 Å². The maximum Gasteiger partial charge on any atom is 0.283 e. The highest BCUT2D eigenvalue weighted by molar-refractivity contribution is 6.33. The van der Waals surface area contributed by atoms with Crippen molar-refractivity contribution in [1.29, 1.82) is 0 Å². The summed E-state index contributed by atoms with van der Waals surface area (Å²) in [6.07, 6.45) is -0.990. The van der Waals surface area contributed by atoms with Crippen molar-refractivity contribution < 1.29 is 27.8 Å². The number of para-hydroxylation sites is 2. The quantitative estimate of drug-likeness (QED) is 0.629. The minimum atomic E-state index is -1.23.